The van der Waals surface area contributed by atoms with E-state index < -0.39 is 23.7 Å². The number of carbonyl (C=O) groups excluding carboxylic acids is 2. The Hall–Kier alpha value is -3.88. The number of amides is 2. The molecule has 178 valence electrons. The molecule has 0 spiro atoms. The molecule has 0 aliphatic heterocycles. The zero-order chi connectivity index (χ0) is 24.1. The van der Waals surface area contributed by atoms with E-state index in [-0.39, 0.29) is 17.4 Å². The molecule has 9 heteroatoms. The maximum atomic E-state index is 15.1. The maximum Gasteiger partial charge on any atom is 0.277 e. The van der Waals surface area contributed by atoms with Gasteiger partial charge in [-0.1, -0.05) is 31.0 Å². The fourth-order valence-electron chi connectivity index (χ4n) is 4.31. The molecule has 34 heavy (non-hydrogen) atoms. The number of rotatable bonds is 8. The number of hydrogen-bond donors (Lipinski definition) is 2. The number of anilines is 1. The highest BCUT2D eigenvalue weighted by molar-refractivity contribution is 6.09. The summed E-state index contributed by atoms with van der Waals surface area (Å²) < 4.78 is 25.8. The first-order chi connectivity index (χ1) is 16.5. The van der Waals surface area contributed by atoms with Crippen LogP contribution in [0.5, 0.6) is 11.5 Å². The molecule has 2 aromatic carbocycles. The number of halogens is 1. The van der Waals surface area contributed by atoms with E-state index >= 15 is 4.39 Å². The zero-order valence-electron chi connectivity index (χ0n) is 19.1. The number of para-hydroxylation sites is 1. The lowest BCUT2D eigenvalue weighted by atomic mass is 10.0. The van der Waals surface area contributed by atoms with Crippen LogP contribution in [0, 0.1) is 5.82 Å². The third kappa shape index (κ3) is 4.73. The molecule has 8 nitrogen and oxygen atoms in total. The predicted molar refractivity (Wildman–Crippen MR) is 124 cm³/mol. The summed E-state index contributed by atoms with van der Waals surface area (Å²) in [4.78, 5) is 28.5. The molecule has 1 aliphatic rings. The van der Waals surface area contributed by atoms with Crippen LogP contribution in [0.3, 0.4) is 0 Å². The summed E-state index contributed by atoms with van der Waals surface area (Å²) >= 11 is 0. The normalized spacial score (nSPS) is 14.4. The van der Waals surface area contributed by atoms with Gasteiger partial charge in [0.15, 0.2) is 11.5 Å². The van der Waals surface area contributed by atoms with Crippen LogP contribution in [0.25, 0.3) is 0 Å². The van der Waals surface area contributed by atoms with Crippen LogP contribution in [0.15, 0.2) is 54.7 Å². The Balaban J connectivity index is 1.86. The van der Waals surface area contributed by atoms with Crippen LogP contribution < -0.4 is 19.7 Å². The molecule has 3 aromatic rings. The van der Waals surface area contributed by atoms with Gasteiger partial charge in [-0.25, -0.2) is 4.39 Å². The summed E-state index contributed by atoms with van der Waals surface area (Å²) in [7, 11) is 2.99. The topological polar surface area (TPSA) is 96.5 Å². The molecule has 1 heterocycles. The van der Waals surface area contributed by atoms with Crippen LogP contribution in [0.1, 0.15) is 47.8 Å². The van der Waals surface area contributed by atoms with Gasteiger partial charge in [0.2, 0.25) is 5.91 Å². The molecule has 1 saturated carbocycles. The van der Waals surface area contributed by atoms with E-state index in [9.17, 15) is 9.59 Å². The van der Waals surface area contributed by atoms with Crippen LogP contribution in [0.2, 0.25) is 0 Å². The molecule has 4 rings (SSSR count). The van der Waals surface area contributed by atoms with Crippen molar-refractivity contribution in [2.75, 3.05) is 19.1 Å². The Morgan fingerprint density at radius 3 is 2.47 bits per heavy atom. The Labute approximate surface area is 197 Å². The summed E-state index contributed by atoms with van der Waals surface area (Å²) in [6.45, 7) is 0. The highest BCUT2D eigenvalue weighted by Gasteiger charge is 2.37. The molecule has 1 fully saturated rings. The van der Waals surface area contributed by atoms with Crippen LogP contribution in [0.4, 0.5) is 10.1 Å². The summed E-state index contributed by atoms with van der Waals surface area (Å²) in [5.74, 6) is -0.770. The number of methoxy groups -OCH3 is 2. The molecule has 1 aliphatic carbocycles. The lowest BCUT2D eigenvalue weighted by Gasteiger charge is -2.32. The maximum absolute atomic E-state index is 15.1. The first-order valence-corrected chi connectivity index (χ1v) is 11.1. The Kier molecular flexibility index (Phi) is 7.10. The molecule has 2 N–H and O–H groups in total. The SMILES string of the molecule is COc1ccc(C(C(=O)NC2CCCC2)N(C(=O)c2ccn[nH]2)c2ccccc2F)cc1OC. The van der Waals surface area contributed by atoms with Crippen molar-refractivity contribution in [3.8, 4) is 11.5 Å². The number of ether oxygens (including phenoxy) is 2. The minimum atomic E-state index is -1.17. The van der Waals surface area contributed by atoms with E-state index in [1.54, 1.807) is 24.3 Å². The second kappa shape index (κ2) is 10.4. The van der Waals surface area contributed by atoms with Crippen molar-refractivity contribution in [3.63, 3.8) is 0 Å². The van der Waals surface area contributed by atoms with Gasteiger partial charge >= 0.3 is 0 Å². The van der Waals surface area contributed by atoms with Crippen LogP contribution in [-0.4, -0.2) is 42.3 Å². The second-order valence-electron chi connectivity index (χ2n) is 8.10. The van der Waals surface area contributed by atoms with Gasteiger partial charge in [-0.15, -0.1) is 0 Å². The van der Waals surface area contributed by atoms with Crippen molar-refractivity contribution in [1.82, 2.24) is 15.5 Å². The fraction of sp³-hybridized carbons (Fsp3) is 0.320. The van der Waals surface area contributed by atoms with Gasteiger partial charge < -0.3 is 14.8 Å². The number of H-pyrrole nitrogens is 1. The smallest absolute Gasteiger partial charge is 0.277 e. The van der Waals surface area contributed by atoms with Crippen molar-refractivity contribution < 1.29 is 23.5 Å². The number of benzene rings is 2. The van der Waals surface area contributed by atoms with Crippen molar-refractivity contribution in [3.05, 3.63) is 71.8 Å². The standard InChI is InChI=1S/C25H27FN4O4/c1-33-21-12-11-16(15-22(21)34-2)23(24(31)28-17-7-3-4-8-17)30(20-10-6-5-9-18(20)26)25(32)19-13-14-27-29-19/h5-6,9-15,17,23H,3-4,7-8H2,1-2H3,(H,27,29)(H,28,31). The van der Waals surface area contributed by atoms with E-state index in [2.05, 4.69) is 15.5 Å². The van der Waals surface area contributed by atoms with Gasteiger partial charge in [0, 0.05) is 12.2 Å². The first kappa shape index (κ1) is 23.3. The Morgan fingerprint density at radius 2 is 1.82 bits per heavy atom. The summed E-state index contributed by atoms with van der Waals surface area (Å²) in [6.07, 6.45) is 5.19. The van der Waals surface area contributed by atoms with E-state index in [0.717, 1.165) is 30.6 Å². The van der Waals surface area contributed by atoms with Crippen molar-refractivity contribution in [2.24, 2.45) is 0 Å². The molecule has 1 aromatic heterocycles. The summed E-state index contributed by atoms with van der Waals surface area (Å²) in [5.41, 5.74) is 0.551. The van der Waals surface area contributed by atoms with Gasteiger partial charge in [0.25, 0.3) is 5.91 Å². The van der Waals surface area contributed by atoms with Crippen molar-refractivity contribution in [1.29, 1.82) is 0 Å². The first-order valence-electron chi connectivity index (χ1n) is 11.1. The van der Waals surface area contributed by atoms with E-state index in [1.807, 2.05) is 0 Å². The Morgan fingerprint density at radius 1 is 1.09 bits per heavy atom. The van der Waals surface area contributed by atoms with E-state index in [1.165, 1.54) is 44.7 Å². The molecular formula is C25H27FN4O4. The average molecular weight is 467 g/mol. The van der Waals surface area contributed by atoms with Gasteiger partial charge in [0.05, 0.1) is 19.9 Å². The molecule has 0 bridgehead atoms. The van der Waals surface area contributed by atoms with Gasteiger partial charge in [-0.2, -0.15) is 5.10 Å². The van der Waals surface area contributed by atoms with Crippen LogP contribution >= 0.6 is 0 Å². The second-order valence-corrected chi connectivity index (χ2v) is 8.10. The third-order valence-electron chi connectivity index (χ3n) is 5.99. The number of aromatic amines is 1. The van der Waals surface area contributed by atoms with E-state index in [0.29, 0.717) is 17.1 Å². The average Bonchev–Trinajstić information content (AvgIpc) is 3.57. The number of hydrogen-bond acceptors (Lipinski definition) is 5. The molecule has 2 amide bonds. The van der Waals surface area contributed by atoms with E-state index in [4.69, 9.17) is 9.47 Å². The number of carbonyl (C=O) groups is 2. The molecule has 1 unspecified atom stereocenters. The highest BCUT2D eigenvalue weighted by Crippen LogP contribution is 2.36. The van der Waals surface area contributed by atoms with Crippen LogP contribution in [-0.2, 0) is 4.79 Å². The summed E-state index contributed by atoms with van der Waals surface area (Å²) in [5, 5.41) is 9.53. The van der Waals surface area contributed by atoms with Crippen molar-refractivity contribution in [2.45, 2.75) is 37.8 Å². The lowest BCUT2D eigenvalue weighted by Crippen LogP contribution is -2.46. The molecule has 0 saturated heterocycles. The zero-order valence-corrected chi connectivity index (χ0v) is 19.1. The lowest BCUT2D eigenvalue weighted by molar-refractivity contribution is -0.123. The number of nitrogens with one attached hydrogen (secondary N) is 2. The minimum Gasteiger partial charge on any atom is -0.493 e. The number of aromatic nitrogens is 2. The Bertz CT molecular complexity index is 1150. The highest BCUT2D eigenvalue weighted by atomic mass is 19.1. The monoisotopic (exact) mass is 466 g/mol. The quantitative estimate of drug-likeness (QED) is 0.523. The summed E-state index contributed by atoms with van der Waals surface area (Å²) in [6, 6.07) is 11.1. The fourth-order valence-corrected chi connectivity index (χ4v) is 4.31. The largest absolute Gasteiger partial charge is 0.493 e. The molecule has 1 atom stereocenters. The van der Waals surface area contributed by atoms with Gasteiger partial charge in [0.1, 0.15) is 17.6 Å². The third-order valence-corrected chi connectivity index (χ3v) is 5.99. The van der Waals surface area contributed by atoms with Gasteiger partial charge in [-0.05, 0) is 48.7 Å². The predicted octanol–water partition coefficient (Wildman–Crippen LogP) is 4.01. The number of nitrogens with zero attached hydrogens (tertiary/aromatic N) is 2. The molecular weight excluding hydrogens is 439 g/mol. The van der Waals surface area contributed by atoms with Gasteiger partial charge in [-0.3, -0.25) is 19.6 Å². The van der Waals surface area contributed by atoms with Crippen molar-refractivity contribution >= 4 is 17.5 Å². The minimum absolute atomic E-state index is 0.000120. The molecule has 0 radical (unpaired) electrons.